The molecule has 0 unspecified atom stereocenters. The molecule has 0 heterocycles. The molecule has 0 saturated heterocycles. The number of halogens is 1. The number of hydrogen-bond donors (Lipinski definition) is 2. The fraction of sp³-hybridized carbons (Fsp3) is 0.286. The van der Waals surface area contributed by atoms with Crippen LogP contribution < -0.4 is 0 Å². The zero-order valence-corrected chi connectivity index (χ0v) is 23.2. The van der Waals surface area contributed by atoms with Gasteiger partial charge in [-0.15, -0.1) is 0 Å². The second kappa shape index (κ2) is 13.0. The number of carboxylic acid groups (broad SMARTS) is 1. The van der Waals surface area contributed by atoms with E-state index < -0.39 is 34.4 Å². The zero-order valence-electron chi connectivity index (χ0n) is 21.7. The van der Waals surface area contributed by atoms with Crippen molar-refractivity contribution in [3.63, 3.8) is 0 Å². The molecule has 11 heteroatoms. The van der Waals surface area contributed by atoms with Crippen LogP contribution in [0.25, 0.3) is 0 Å². The second-order valence-electron chi connectivity index (χ2n) is 9.73. The number of aromatic carboxylic acids is 1. The minimum absolute atomic E-state index is 0.0231. The number of aliphatic hydroxyl groups is 1. The minimum Gasteiger partial charge on any atom is -0.477 e. The lowest BCUT2D eigenvalue weighted by Crippen LogP contribution is -2.40. The van der Waals surface area contributed by atoms with Crippen molar-refractivity contribution in [2.24, 2.45) is 0 Å². The predicted octanol–water partition coefficient (Wildman–Crippen LogP) is 6.61. The van der Waals surface area contributed by atoms with Crippen LogP contribution in [0.4, 0.5) is 10.5 Å². The van der Waals surface area contributed by atoms with Crippen LogP contribution in [-0.2, 0) is 11.2 Å². The summed E-state index contributed by atoms with van der Waals surface area (Å²) < 4.78 is 5.55. The molecule has 0 saturated carbocycles. The monoisotopic (exact) mass is 572 g/mol. The van der Waals surface area contributed by atoms with Gasteiger partial charge in [0.15, 0.2) is 0 Å². The predicted molar refractivity (Wildman–Crippen MR) is 149 cm³/mol. The van der Waals surface area contributed by atoms with Crippen molar-refractivity contribution < 1.29 is 29.5 Å². The minimum atomic E-state index is -1.37. The van der Waals surface area contributed by atoms with Crippen molar-refractivity contribution in [2.45, 2.75) is 48.7 Å². The first-order valence-corrected chi connectivity index (χ1v) is 13.2. The van der Waals surface area contributed by atoms with Gasteiger partial charge < -0.3 is 19.8 Å². The largest absolute Gasteiger partial charge is 0.477 e. The topological polar surface area (TPSA) is 130 Å². The van der Waals surface area contributed by atoms with Crippen LogP contribution in [0.1, 0.15) is 48.4 Å². The molecular weight excluding hydrogens is 544 g/mol. The average molecular weight is 573 g/mol. The van der Waals surface area contributed by atoms with Gasteiger partial charge in [-0.1, -0.05) is 47.6 Å². The van der Waals surface area contributed by atoms with E-state index in [-0.39, 0.29) is 12.1 Å². The van der Waals surface area contributed by atoms with E-state index >= 15 is 0 Å². The number of ether oxygens (including phenoxy) is 1. The average Bonchev–Trinajstić information content (AvgIpc) is 2.86. The number of nitro groups is 1. The summed E-state index contributed by atoms with van der Waals surface area (Å²) in [6.45, 7) is 5.64. The van der Waals surface area contributed by atoms with Crippen LogP contribution in [0.15, 0.2) is 76.5 Å². The molecule has 3 aromatic rings. The third kappa shape index (κ3) is 8.98. The molecule has 1 atom stereocenters. The Morgan fingerprint density at radius 2 is 1.74 bits per heavy atom. The Hall–Kier alpha value is -3.60. The van der Waals surface area contributed by atoms with Crippen LogP contribution in [0, 0.1) is 10.1 Å². The summed E-state index contributed by atoms with van der Waals surface area (Å²) >= 11 is 7.33. The molecule has 0 spiro atoms. The number of amides is 1. The van der Waals surface area contributed by atoms with Gasteiger partial charge in [-0.2, -0.15) is 0 Å². The highest BCUT2D eigenvalue weighted by molar-refractivity contribution is 7.99. The summed E-state index contributed by atoms with van der Waals surface area (Å²) in [5, 5.41) is 31.6. The molecule has 0 aliphatic heterocycles. The Kier molecular flexibility index (Phi) is 9.96. The van der Waals surface area contributed by atoms with Gasteiger partial charge in [-0.25, -0.2) is 9.59 Å². The third-order valence-electron chi connectivity index (χ3n) is 5.50. The van der Waals surface area contributed by atoms with E-state index in [2.05, 4.69) is 0 Å². The highest BCUT2D eigenvalue weighted by atomic mass is 35.5. The lowest BCUT2D eigenvalue weighted by Gasteiger charge is -2.29. The maximum absolute atomic E-state index is 12.9. The zero-order chi connectivity index (χ0) is 28.7. The lowest BCUT2D eigenvalue weighted by atomic mass is 10.1. The molecule has 0 fully saturated rings. The van der Waals surface area contributed by atoms with Crippen LogP contribution in [0.2, 0.25) is 5.02 Å². The lowest BCUT2D eigenvalue weighted by molar-refractivity contribution is -0.385. The number of rotatable bonds is 10. The van der Waals surface area contributed by atoms with E-state index in [1.54, 1.807) is 45.0 Å². The fourth-order valence-corrected chi connectivity index (χ4v) is 4.70. The molecule has 0 aliphatic carbocycles. The molecule has 0 radical (unpaired) electrons. The van der Waals surface area contributed by atoms with Crippen LogP contribution in [0.5, 0.6) is 0 Å². The van der Waals surface area contributed by atoms with E-state index in [0.717, 1.165) is 10.5 Å². The van der Waals surface area contributed by atoms with Crippen LogP contribution in [-0.4, -0.2) is 50.8 Å². The number of carbonyl (C=O) groups is 2. The van der Waals surface area contributed by atoms with Gasteiger partial charge in [0, 0.05) is 27.4 Å². The molecule has 0 aliphatic rings. The first-order chi connectivity index (χ1) is 18.3. The molecule has 9 nitrogen and oxygen atoms in total. The summed E-state index contributed by atoms with van der Waals surface area (Å²) in [6, 6.07) is 18.3. The first-order valence-electron chi connectivity index (χ1n) is 12.0. The Morgan fingerprint density at radius 1 is 1.08 bits per heavy atom. The molecule has 2 N–H and O–H groups in total. The molecule has 1 amide bonds. The van der Waals surface area contributed by atoms with Crippen molar-refractivity contribution in [1.82, 2.24) is 4.90 Å². The summed E-state index contributed by atoms with van der Waals surface area (Å²) in [7, 11) is 0. The Labute approximate surface area is 235 Å². The molecular formula is C28H29ClN2O7S. The molecule has 206 valence electrons. The second-order valence-corrected chi connectivity index (χ2v) is 11.3. The number of hydrogen-bond acceptors (Lipinski definition) is 7. The van der Waals surface area contributed by atoms with E-state index in [9.17, 15) is 29.9 Å². The smallest absolute Gasteiger partial charge is 0.410 e. The van der Waals surface area contributed by atoms with E-state index in [1.165, 1.54) is 34.9 Å². The molecule has 39 heavy (non-hydrogen) atoms. The summed E-state index contributed by atoms with van der Waals surface area (Å²) in [5.74, 6) is -1.37. The van der Waals surface area contributed by atoms with E-state index in [1.807, 2.05) is 24.3 Å². The maximum Gasteiger partial charge on any atom is 0.410 e. The Bertz CT molecular complexity index is 1340. The van der Waals surface area contributed by atoms with Gasteiger partial charge in [0.25, 0.3) is 5.69 Å². The van der Waals surface area contributed by atoms with Crippen molar-refractivity contribution in [2.75, 3.05) is 13.1 Å². The number of nitro benzene ring substituents is 1. The van der Waals surface area contributed by atoms with Gasteiger partial charge in [0.1, 0.15) is 11.2 Å². The summed E-state index contributed by atoms with van der Waals surface area (Å²) in [6.07, 6.45) is -0.997. The standard InChI is InChI=1S/C28H29ClN2O7S/c1-28(2,3)38-27(35)30(17-25(32)19-5-4-6-20(29)15-19)14-13-18-7-9-21(10-8-18)39-22-11-12-24(31(36)37)23(16-22)26(33)34/h4-12,15-16,25,32H,13-14,17H2,1-3H3,(H,33,34)/t25-/m0/s1. The van der Waals surface area contributed by atoms with Gasteiger partial charge in [0.05, 0.1) is 17.6 Å². The number of carboxylic acids is 1. The maximum atomic E-state index is 12.9. The van der Waals surface area contributed by atoms with Crippen LogP contribution >= 0.6 is 23.4 Å². The first kappa shape index (κ1) is 29.9. The highest BCUT2D eigenvalue weighted by Gasteiger charge is 2.25. The van der Waals surface area contributed by atoms with Crippen LogP contribution in [0.3, 0.4) is 0 Å². The number of carbonyl (C=O) groups excluding carboxylic acids is 1. The van der Waals surface area contributed by atoms with Gasteiger partial charge >= 0.3 is 12.1 Å². The fourth-order valence-electron chi connectivity index (χ4n) is 3.65. The quantitative estimate of drug-likeness (QED) is 0.205. The van der Waals surface area contributed by atoms with Gasteiger partial charge in [0.2, 0.25) is 0 Å². The molecule has 0 aromatic heterocycles. The number of benzene rings is 3. The molecule has 0 bridgehead atoms. The Morgan fingerprint density at radius 3 is 2.33 bits per heavy atom. The highest BCUT2D eigenvalue weighted by Crippen LogP contribution is 2.31. The van der Waals surface area contributed by atoms with Crippen molar-refractivity contribution in [3.05, 3.63) is 98.6 Å². The normalized spacial score (nSPS) is 12.0. The summed E-state index contributed by atoms with van der Waals surface area (Å²) in [5.41, 5.74) is -0.0102. The number of aliphatic hydroxyl groups excluding tert-OH is 1. The van der Waals surface area contributed by atoms with E-state index in [4.69, 9.17) is 16.3 Å². The SMILES string of the molecule is CC(C)(C)OC(=O)N(CCc1ccc(Sc2ccc([N+](=O)[O-])c(C(=O)O)c2)cc1)C[C@H](O)c1cccc(Cl)c1. The molecule has 3 aromatic carbocycles. The number of nitrogens with zero attached hydrogens (tertiary/aromatic N) is 2. The van der Waals surface area contributed by atoms with Gasteiger partial charge in [-0.3, -0.25) is 10.1 Å². The van der Waals surface area contributed by atoms with Crippen molar-refractivity contribution in [3.8, 4) is 0 Å². The van der Waals surface area contributed by atoms with E-state index in [0.29, 0.717) is 28.4 Å². The third-order valence-corrected chi connectivity index (χ3v) is 6.74. The Balaban J connectivity index is 1.69. The van der Waals surface area contributed by atoms with Gasteiger partial charge in [-0.05, 0) is 74.7 Å². The summed E-state index contributed by atoms with van der Waals surface area (Å²) in [4.78, 5) is 37.5. The van der Waals surface area contributed by atoms with Crippen molar-refractivity contribution >= 4 is 41.1 Å². The van der Waals surface area contributed by atoms with Crippen molar-refractivity contribution in [1.29, 1.82) is 0 Å². The molecule has 3 rings (SSSR count).